The van der Waals surface area contributed by atoms with Gasteiger partial charge in [-0.15, -0.1) is 0 Å². The molecule has 3 rings (SSSR count). The molecule has 32 heavy (non-hydrogen) atoms. The van der Waals surface area contributed by atoms with Gasteiger partial charge in [-0.3, -0.25) is 0 Å². The zero-order chi connectivity index (χ0) is 21.6. The van der Waals surface area contributed by atoms with E-state index in [4.69, 9.17) is 23.2 Å². The Morgan fingerprint density at radius 1 is 1.00 bits per heavy atom. The molecule has 1 aromatic carbocycles. The Kier molecular flexibility index (Phi) is 12.4. The van der Waals surface area contributed by atoms with Crippen molar-refractivity contribution in [1.29, 1.82) is 0 Å². The van der Waals surface area contributed by atoms with Crippen LogP contribution < -0.4 is 10.6 Å². The fraction of sp³-hybridized carbons (Fsp3) is 0.696. The van der Waals surface area contributed by atoms with Crippen molar-refractivity contribution in [2.24, 2.45) is 5.92 Å². The molecule has 0 radical (unpaired) electrons. The van der Waals surface area contributed by atoms with Gasteiger partial charge in [-0.2, -0.15) is 4.31 Å². The van der Waals surface area contributed by atoms with Crippen LogP contribution >= 0.6 is 23.2 Å². The van der Waals surface area contributed by atoms with E-state index in [0.29, 0.717) is 24.7 Å². The number of carbonyl (C=O) groups excluding carboxylic acids is 1. The van der Waals surface area contributed by atoms with E-state index in [9.17, 15) is 13.2 Å². The number of urea groups is 1. The van der Waals surface area contributed by atoms with Gasteiger partial charge >= 0.3 is 6.03 Å². The molecular weight excluding hydrogens is 469 g/mol. The van der Waals surface area contributed by atoms with Crippen molar-refractivity contribution in [3.8, 4) is 0 Å². The van der Waals surface area contributed by atoms with Crippen molar-refractivity contribution in [2.75, 3.05) is 19.6 Å². The molecule has 1 saturated heterocycles. The van der Waals surface area contributed by atoms with Gasteiger partial charge in [0.1, 0.15) is 4.90 Å². The van der Waals surface area contributed by atoms with Gasteiger partial charge in [0.2, 0.25) is 10.0 Å². The number of benzene rings is 1. The molecule has 9 heteroatoms. The Hall–Kier alpha value is -1.02. The van der Waals surface area contributed by atoms with E-state index in [1.165, 1.54) is 41.8 Å². The lowest BCUT2D eigenvalue weighted by atomic mass is 9.97. The highest BCUT2D eigenvalue weighted by molar-refractivity contribution is 7.89. The molecule has 2 fully saturated rings. The lowest BCUT2D eigenvalue weighted by Crippen LogP contribution is -2.47. The highest BCUT2D eigenvalue weighted by Crippen LogP contribution is 2.30. The molecule has 1 unspecified atom stereocenters. The molecule has 1 heterocycles. The van der Waals surface area contributed by atoms with Crippen LogP contribution in [0.2, 0.25) is 10.0 Å². The predicted molar refractivity (Wildman–Crippen MR) is 134 cm³/mol. The van der Waals surface area contributed by atoms with Gasteiger partial charge in [0.15, 0.2) is 0 Å². The Labute approximate surface area is 204 Å². The lowest BCUT2D eigenvalue weighted by molar-refractivity contribution is 0.224. The summed E-state index contributed by atoms with van der Waals surface area (Å²) in [5.74, 6) is 0.0719. The number of piperidine rings is 1. The van der Waals surface area contributed by atoms with Crippen LogP contribution in [0.25, 0.3) is 0 Å². The zero-order valence-corrected chi connectivity index (χ0v) is 19.5. The van der Waals surface area contributed by atoms with E-state index in [1.54, 1.807) is 0 Å². The second kappa shape index (κ2) is 13.6. The molecule has 0 aromatic heterocycles. The molecule has 1 aliphatic carbocycles. The maximum Gasteiger partial charge on any atom is 0.315 e. The summed E-state index contributed by atoms with van der Waals surface area (Å²) in [6.45, 7) is 1.27. The van der Waals surface area contributed by atoms with Gasteiger partial charge in [-0.25, -0.2) is 13.2 Å². The fourth-order valence-electron chi connectivity index (χ4n) is 4.31. The number of carbonyl (C=O) groups is 1. The first kappa shape index (κ1) is 29.0. The maximum absolute atomic E-state index is 13.0. The van der Waals surface area contributed by atoms with E-state index >= 15 is 0 Å². The second-order valence-corrected chi connectivity index (χ2v) is 11.1. The van der Waals surface area contributed by atoms with Gasteiger partial charge in [0, 0.05) is 30.7 Å². The smallest absolute Gasteiger partial charge is 0.315 e. The van der Waals surface area contributed by atoms with E-state index in [1.807, 2.05) is 0 Å². The van der Waals surface area contributed by atoms with Gasteiger partial charge in [0.25, 0.3) is 0 Å². The molecule has 1 aliphatic heterocycles. The summed E-state index contributed by atoms with van der Waals surface area (Å²) in [5.41, 5.74) is 0. The van der Waals surface area contributed by atoms with Crippen molar-refractivity contribution >= 4 is 39.3 Å². The Bertz CT molecular complexity index is 828. The monoisotopic (exact) mass is 507 g/mol. The summed E-state index contributed by atoms with van der Waals surface area (Å²) in [6.07, 6.45) is 9.79. The Morgan fingerprint density at radius 3 is 2.31 bits per heavy atom. The van der Waals surface area contributed by atoms with Crippen LogP contribution in [0.5, 0.6) is 0 Å². The largest absolute Gasteiger partial charge is 0.338 e. The predicted octanol–water partition coefficient (Wildman–Crippen LogP) is 6.08. The summed E-state index contributed by atoms with van der Waals surface area (Å²) in [7, 11) is -3.70. The third-order valence-corrected chi connectivity index (χ3v) is 8.57. The molecule has 2 aliphatic rings. The van der Waals surface area contributed by atoms with Gasteiger partial charge < -0.3 is 10.6 Å². The van der Waals surface area contributed by atoms with Crippen LogP contribution in [0.15, 0.2) is 23.1 Å². The number of nitrogens with one attached hydrogen (secondary N) is 2. The first-order valence-electron chi connectivity index (χ1n) is 10.9. The average molecular weight is 509 g/mol. The third-order valence-electron chi connectivity index (χ3n) is 5.99. The Balaban J connectivity index is 0.00000256. The molecule has 1 atom stereocenters. The third kappa shape index (κ3) is 8.08. The average Bonchev–Trinajstić information content (AvgIpc) is 2.68. The van der Waals surface area contributed by atoms with Crippen LogP contribution in [0.1, 0.15) is 72.6 Å². The summed E-state index contributed by atoms with van der Waals surface area (Å²) in [5, 5.41) is 6.57. The van der Waals surface area contributed by atoms with Crippen molar-refractivity contribution in [3.63, 3.8) is 0 Å². The molecule has 6 nitrogen and oxygen atoms in total. The molecule has 1 saturated carbocycles. The zero-order valence-electron chi connectivity index (χ0n) is 17.2. The van der Waals surface area contributed by atoms with Crippen molar-refractivity contribution in [3.05, 3.63) is 28.2 Å². The van der Waals surface area contributed by atoms with Gasteiger partial charge in [-0.1, -0.05) is 70.2 Å². The Morgan fingerprint density at radius 2 is 1.66 bits per heavy atom. The maximum atomic E-state index is 13.0. The lowest BCUT2D eigenvalue weighted by Gasteiger charge is -2.32. The van der Waals surface area contributed by atoms with Crippen molar-refractivity contribution in [1.82, 2.24) is 14.9 Å². The van der Waals surface area contributed by atoms with E-state index in [0.717, 1.165) is 38.5 Å². The molecule has 1 aromatic rings. The first-order chi connectivity index (χ1) is 14.4. The van der Waals surface area contributed by atoms with Crippen LogP contribution in [-0.2, 0) is 10.0 Å². The van der Waals surface area contributed by atoms with Gasteiger partial charge in [-0.05, 0) is 49.8 Å². The van der Waals surface area contributed by atoms with E-state index in [-0.39, 0.29) is 42.8 Å². The summed E-state index contributed by atoms with van der Waals surface area (Å²) in [6, 6.07) is 4.51. The number of amides is 2. The van der Waals surface area contributed by atoms with Gasteiger partial charge in [0.05, 0.1) is 5.02 Å². The number of hydrogen-bond acceptors (Lipinski definition) is 3. The van der Waals surface area contributed by atoms with Crippen LogP contribution in [0, 0.1) is 5.92 Å². The number of sulfonamides is 1. The molecular formula is C23H39Cl2N3O3S. The minimum absolute atomic E-state index is 0. The quantitative estimate of drug-likeness (QED) is 0.506. The first-order valence-corrected chi connectivity index (χ1v) is 13.1. The minimum Gasteiger partial charge on any atom is -0.338 e. The van der Waals surface area contributed by atoms with Crippen molar-refractivity contribution < 1.29 is 13.2 Å². The fourth-order valence-corrected chi connectivity index (χ4v) is 6.61. The number of halogens is 2. The highest BCUT2D eigenvalue weighted by Gasteiger charge is 2.32. The highest BCUT2D eigenvalue weighted by atomic mass is 35.5. The minimum atomic E-state index is -3.70. The molecule has 2 N–H and O–H groups in total. The summed E-state index contributed by atoms with van der Waals surface area (Å²) < 4.78 is 27.5. The van der Waals surface area contributed by atoms with Crippen molar-refractivity contribution in [2.45, 2.75) is 83.6 Å². The normalized spacial score (nSPS) is 20.8. The van der Waals surface area contributed by atoms with Crippen LogP contribution in [0.3, 0.4) is 0 Å². The van der Waals surface area contributed by atoms with E-state index in [2.05, 4.69) is 10.6 Å². The summed E-state index contributed by atoms with van der Waals surface area (Å²) >= 11 is 12.0. The number of hydrogen-bond donors (Lipinski definition) is 2. The summed E-state index contributed by atoms with van der Waals surface area (Å²) in [4.78, 5) is 12.4. The molecule has 184 valence electrons. The van der Waals surface area contributed by atoms with Crippen LogP contribution in [-0.4, -0.2) is 44.4 Å². The molecule has 0 spiro atoms. The topological polar surface area (TPSA) is 78.5 Å². The number of nitrogens with zero attached hydrogens (tertiary/aromatic N) is 1. The van der Waals surface area contributed by atoms with E-state index < -0.39 is 10.0 Å². The number of rotatable bonds is 5. The van der Waals surface area contributed by atoms with Crippen LogP contribution in [0.4, 0.5) is 4.79 Å². The second-order valence-electron chi connectivity index (χ2n) is 8.34. The molecule has 0 bridgehead atoms. The molecule has 2 amide bonds. The SMILES string of the molecule is C.C.O=C(NCC1CCCN(S(=O)(=O)c2ccc(Cl)cc2Cl)C1)NC1CCCCCCC1. The standard InChI is InChI=1S/C21H31Cl2N3O3S.2CH4/c22-17-10-11-20(19(23)13-17)30(28,29)26-12-6-7-16(15-26)14-24-21(27)25-18-8-4-2-1-3-5-9-18;;/h10-11,13,16,18H,1-9,12,14-15H2,(H2,24,25,27);2*1H4.